The first-order valence-electron chi connectivity index (χ1n) is 5.96. The maximum Gasteiger partial charge on any atom is 0.159 e. The number of anilines is 1. The fourth-order valence-corrected chi connectivity index (χ4v) is 2.27. The molecule has 1 heterocycles. The number of nitrogens with zero attached hydrogens (tertiary/aromatic N) is 3. The molecule has 19 heavy (non-hydrogen) atoms. The number of rotatable bonds is 4. The molecule has 2 aromatic rings. The Bertz CT molecular complexity index is 606. The summed E-state index contributed by atoms with van der Waals surface area (Å²) in [5.74, 6) is 0.0170. The molecule has 1 aromatic heterocycles. The van der Waals surface area contributed by atoms with Crippen molar-refractivity contribution in [2.45, 2.75) is 13.5 Å². The highest BCUT2D eigenvalue weighted by Crippen LogP contribution is 2.27. The van der Waals surface area contributed by atoms with Crippen molar-refractivity contribution >= 4 is 23.1 Å². The van der Waals surface area contributed by atoms with Crippen LogP contribution in [0.15, 0.2) is 30.6 Å². The number of halogens is 1. The first-order chi connectivity index (χ1) is 8.97. The summed E-state index contributed by atoms with van der Waals surface area (Å²) in [5.41, 5.74) is 2.63. The van der Waals surface area contributed by atoms with Crippen molar-refractivity contribution in [3.05, 3.63) is 46.7 Å². The summed E-state index contributed by atoms with van der Waals surface area (Å²) in [6, 6.07) is 5.37. The molecule has 0 aliphatic heterocycles. The Hall–Kier alpha value is -1.81. The molecule has 0 spiro atoms. The van der Waals surface area contributed by atoms with E-state index >= 15 is 0 Å². The van der Waals surface area contributed by atoms with Gasteiger partial charge < -0.3 is 4.90 Å². The van der Waals surface area contributed by atoms with E-state index in [0.717, 1.165) is 11.3 Å². The monoisotopic (exact) mass is 277 g/mol. The van der Waals surface area contributed by atoms with Crippen LogP contribution in [-0.4, -0.2) is 22.6 Å². The molecule has 0 fully saturated rings. The normalized spacial score (nSPS) is 10.5. The van der Waals surface area contributed by atoms with Gasteiger partial charge in [0.2, 0.25) is 0 Å². The van der Waals surface area contributed by atoms with Gasteiger partial charge in [0.05, 0.1) is 16.9 Å². The number of carbonyl (C=O) groups is 1. The summed E-state index contributed by atoms with van der Waals surface area (Å²) in [6.07, 6.45) is 3.79. The van der Waals surface area contributed by atoms with Crippen LogP contribution < -0.4 is 4.90 Å². The lowest BCUT2D eigenvalue weighted by Crippen LogP contribution is -2.16. The second-order valence-corrected chi connectivity index (χ2v) is 5.01. The van der Waals surface area contributed by atoms with Crippen molar-refractivity contribution < 1.29 is 4.79 Å². The fourth-order valence-electron chi connectivity index (χ4n) is 1.95. The number of carbonyl (C=O) groups excluding carboxylic acids is 1. The highest BCUT2D eigenvalue weighted by molar-refractivity contribution is 6.33. The van der Waals surface area contributed by atoms with Crippen LogP contribution in [0.5, 0.6) is 0 Å². The smallest absolute Gasteiger partial charge is 0.159 e. The summed E-state index contributed by atoms with van der Waals surface area (Å²) < 4.78 is 1.77. The molecule has 0 aliphatic carbocycles. The molecule has 0 aliphatic rings. The van der Waals surface area contributed by atoms with Crippen molar-refractivity contribution in [1.29, 1.82) is 0 Å². The summed E-state index contributed by atoms with van der Waals surface area (Å²) in [4.78, 5) is 13.3. The van der Waals surface area contributed by atoms with Crippen molar-refractivity contribution in [1.82, 2.24) is 9.78 Å². The zero-order valence-corrected chi connectivity index (χ0v) is 12.0. The molecule has 1 aromatic carbocycles. The molecule has 5 heteroatoms. The highest BCUT2D eigenvalue weighted by Gasteiger charge is 2.10. The molecule has 0 N–H and O–H groups in total. The molecule has 4 nitrogen and oxygen atoms in total. The number of hydrogen-bond acceptors (Lipinski definition) is 3. The third-order valence-corrected chi connectivity index (χ3v) is 3.25. The molecule has 0 unspecified atom stereocenters. The minimum atomic E-state index is 0.0170. The Morgan fingerprint density at radius 2 is 2.21 bits per heavy atom. The number of ketones is 1. The van der Waals surface area contributed by atoms with Gasteiger partial charge in [-0.05, 0) is 25.1 Å². The summed E-state index contributed by atoms with van der Waals surface area (Å²) in [6.45, 7) is 2.25. The van der Waals surface area contributed by atoms with E-state index in [1.807, 2.05) is 37.5 Å². The summed E-state index contributed by atoms with van der Waals surface area (Å²) >= 11 is 6.23. The standard InChI is InChI=1S/C14H16ClN3O/c1-10(19)12-4-5-14(13(15)6-12)17(2)8-11-7-16-18(3)9-11/h4-7,9H,8H2,1-3H3. The Labute approximate surface area is 117 Å². The minimum absolute atomic E-state index is 0.0170. The lowest BCUT2D eigenvalue weighted by atomic mass is 10.1. The van der Waals surface area contributed by atoms with E-state index in [4.69, 9.17) is 11.6 Å². The molecular weight excluding hydrogens is 262 g/mol. The van der Waals surface area contributed by atoms with Gasteiger partial charge >= 0.3 is 0 Å². The average molecular weight is 278 g/mol. The van der Waals surface area contributed by atoms with Gasteiger partial charge in [-0.3, -0.25) is 9.48 Å². The molecule has 0 bridgehead atoms. The zero-order chi connectivity index (χ0) is 14.0. The van der Waals surface area contributed by atoms with Gasteiger partial charge in [-0.15, -0.1) is 0 Å². The quantitative estimate of drug-likeness (QED) is 0.807. The molecule has 100 valence electrons. The van der Waals surface area contributed by atoms with Crippen LogP contribution in [0.2, 0.25) is 5.02 Å². The third kappa shape index (κ3) is 3.15. The predicted octanol–water partition coefficient (Wildman–Crippen LogP) is 2.91. The van der Waals surface area contributed by atoms with Gasteiger partial charge in [0.15, 0.2) is 5.78 Å². The predicted molar refractivity (Wildman–Crippen MR) is 76.8 cm³/mol. The van der Waals surface area contributed by atoms with Gasteiger partial charge in [-0.25, -0.2) is 0 Å². The second kappa shape index (κ2) is 5.45. The number of aromatic nitrogens is 2. The van der Waals surface area contributed by atoms with Gasteiger partial charge in [0, 0.05) is 38.0 Å². The molecule has 0 amide bonds. The van der Waals surface area contributed by atoms with Crippen molar-refractivity contribution in [3.8, 4) is 0 Å². The molecule has 0 radical (unpaired) electrons. The van der Waals surface area contributed by atoms with Gasteiger partial charge in [0.1, 0.15) is 0 Å². The molecule has 0 saturated carbocycles. The van der Waals surface area contributed by atoms with Crippen LogP contribution in [0.25, 0.3) is 0 Å². The topological polar surface area (TPSA) is 38.1 Å². The lowest BCUT2D eigenvalue weighted by molar-refractivity contribution is 0.101. The molecule has 2 rings (SSSR count). The van der Waals surface area contributed by atoms with Crippen LogP contribution in [0, 0.1) is 0 Å². The van der Waals surface area contributed by atoms with Gasteiger partial charge in [-0.2, -0.15) is 5.10 Å². The first-order valence-corrected chi connectivity index (χ1v) is 6.34. The molecular formula is C14H16ClN3O. The number of aryl methyl sites for hydroxylation is 1. The number of hydrogen-bond donors (Lipinski definition) is 0. The van der Waals surface area contributed by atoms with Crippen LogP contribution in [0.4, 0.5) is 5.69 Å². The van der Waals surface area contributed by atoms with E-state index in [1.165, 1.54) is 6.92 Å². The largest absolute Gasteiger partial charge is 0.369 e. The van der Waals surface area contributed by atoms with E-state index in [2.05, 4.69) is 5.10 Å². The van der Waals surface area contributed by atoms with Crippen molar-refractivity contribution in [2.75, 3.05) is 11.9 Å². The first kappa shape index (κ1) is 13.6. The zero-order valence-electron chi connectivity index (χ0n) is 11.2. The minimum Gasteiger partial charge on any atom is -0.369 e. The maximum atomic E-state index is 11.3. The van der Waals surface area contributed by atoms with Gasteiger partial charge in [0.25, 0.3) is 0 Å². The Morgan fingerprint density at radius 3 is 2.74 bits per heavy atom. The maximum absolute atomic E-state index is 11.3. The van der Waals surface area contributed by atoms with Crippen LogP contribution in [0.3, 0.4) is 0 Å². The fraction of sp³-hybridized carbons (Fsp3) is 0.286. The number of Topliss-reactive ketones (excluding diaryl/α,β-unsaturated/α-hetero) is 1. The van der Waals surface area contributed by atoms with Crippen molar-refractivity contribution in [2.24, 2.45) is 7.05 Å². The summed E-state index contributed by atoms with van der Waals surface area (Å²) in [7, 11) is 3.85. The number of benzene rings is 1. The molecule has 0 saturated heterocycles. The highest BCUT2D eigenvalue weighted by atomic mass is 35.5. The van der Waals surface area contributed by atoms with E-state index in [0.29, 0.717) is 17.1 Å². The second-order valence-electron chi connectivity index (χ2n) is 4.60. The van der Waals surface area contributed by atoms with Crippen LogP contribution in [0.1, 0.15) is 22.8 Å². The van der Waals surface area contributed by atoms with E-state index < -0.39 is 0 Å². The summed E-state index contributed by atoms with van der Waals surface area (Å²) in [5, 5.41) is 4.72. The Balaban J connectivity index is 2.19. The average Bonchev–Trinajstić information content (AvgIpc) is 2.74. The lowest BCUT2D eigenvalue weighted by Gasteiger charge is -2.20. The van der Waals surface area contributed by atoms with Crippen LogP contribution in [-0.2, 0) is 13.6 Å². The van der Waals surface area contributed by atoms with E-state index in [1.54, 1.807) is 16.8 Å². The van der Waals surface area contributed by atoms with Crippen molar-refractivity contribution in [3.63, 3.8) is 0 Å². The SMILES string of the molecule is CC(=O)c1ccc(N(C)Cc2cnn(C)c2)c(Cl)c1. The Kier molecular flexibility index (Phi) is 3.90. The third-order valence-electron chi connectivity index (χ3n) is 2.94. The molecule has 0 atom stereocenters. The van der Waals surface area contributed by atoms with E-state index in [-0.39, 0.29) is 5.78 Å². The van der Waals surface area contributed by atoms with Gasteiger partial charge in [-0.1, -0.05) is 11.6 Å². The van der Waals surface area contributed by atoms with E-state index in [9.17, 15) is 4.79 Å². The Morgan fingerprint density at radius 1 is 1.47 bits per heavy atom. The van der Waals surface area contributed by atoms with Crippen LogP contribution >= 0.6 is 11.6 Å².